The van der Waals surface area contributed by atoms with Crippen LogP contribution in [0.4, 0.5) is 0 Å². The van der Waals surface area contributed by atoms with E-state index in [2.05, 4.69) is 54.9 Å². The van der Waals surface area contributed by atoms with E-state index in [0.717, 1.165) is 10.9 Å². The van der Waals surface area contributed by atoms with Gasteiger partial charge < -0.3 is 5.73 Å². The Balaban J connectivity index is 0.00000196. The molecule has 0 aromatic heterocycles. The second-order valence-electron chi connectivity index (χ2n) is 3.91. The lowest BCUT2D eigenvalue weighted by Gasteiger charge is -2.20. The Labute approximate surface area is 107 Å². The molecular weight excluding hydrogens is 273 g/mol. The summed E-state index contributed by atoms with van der Waals surface area (Å²) >= 11 is 3.48. The fourth-order valence-corrected chi connectivity index (χ4v) is 1.91. The Bertz CT molecular complexity index is 314. The van der Waals surface area contributed by atoms with Gasteiger partial charge in [-0.1, -0.05) is 42.3 Å². The van der Waals surface area contributed by atoms with Gasteiger partial charge in [-0.25, -0.2) is 0 Å². The van der Waals surface area contributed by atoms with Crippen LogP contribution in [0.25, 0.3) is 0 Å². The monoisotopic (exact) mass is 291 g/mol. The summed E-state index contributed by atoms with van der Waals surface area (Å²) in [5, 5.41) is 0. The first-order valence-corrected chi connectivity index (χ1v) is 5.87. The van der Waals surface area contributed by atoms with Crippen molar-refractivity contribution >= 4 is 28.3 Å². The van der Waals surface area contributed by atoms with Crippen LogP contribution in [0.2, 0.25) is 0 Å². The molecule has 0 heterocycles. The van der Waals surface area contributed by atoms with E-state index in [-0.39, 0.29) is 18.4 Å². The first kappa shape index (κ1) is 14.9. The summed E-state index contributed by atoms with van der Waals surface area (Å²) < 4.78 is 1.11. The second-order valence-corrected chi connectivity index (χ2v) is 4.83. The average molecular weight is 293 g/mol. The van der Waals surface area contributed by atoms with Gasteiger partial charge in [-0.3, -0.25) is 0 Å². The van der Waals surface area contributed by atoms with E-state index in [1.165, 1.54) is 11.1 Å². The van der Waals surface area contributed by atoms with Crippen molar-refractivity contribution in [2.75, 3.05) is 0 Å². The zero-order valence-electron chi connectivity index (χ0n) is 9.46. The van der Waals surface area contributed by atoms with Crippen LogP contribution in [-0.4, -0.2) is 0 Å². The molecule has 0 fully saturated rings. The number of benzene rings is 1. The molecule has 1 nitrogen and oxygen atoms in total. The standard InChI is InChI=1S/C12H18BrN.ClH/c1-4-8(2)12(14)11-7-10(13)6-5-9(11)3;/h5-8,12H,4,14H2,1-3H3;1H/t8?,12-;/m1./s1. The normalized spacial score (nSPS) is 14.2. The van der Waals surface area contributed by atoms with E-state index in [0.29, 0.717) is 5.92 Å². The summed E-state index contributed by atoms with van der Waals surface area (Å²) in [5.74, 6) is 0.531. The molecule has 0 amide bonds. The van der Waals surface area contributed by atoms with Gasteiger partial charge >= 0.3 is 0 Å². The summed E-state index contributed by atoms with van der Waals surface area (Å²) in [4.78, 5) is 0. The zero-order chi connectivity index (χ0) is 10.7. The van der Waals surface area contributed by atoms with Gasteiger partial charge in [0.2, 0.25) is 0 Å². The Kier molecular flexibility index (Phi) is 6.49. The lowest BCUT2D eigenvalue weighted by Crippen LogP contribution is -2.19. The number of hydrogen-bond donors (Lipinski definition) is 1. The number of rotatable bonds is 3. The minimum Gasteiger partial charge on any atom is -0.324 e. The molecule has 1 unspecified atom stereocenters. The van der Waals surface area contributed by atoms with Crippen LogP contribution in [-0.2, 0) is 0 Å². The summed E-state index contributed by atoms with van der Waals surface area (Å²) in [6.07, 6.45) is 1.12. The van der Waals surface area contributed by atoms with Gasteiger partial charge in [0, 0.05) is 10.5 Å². The lowest BCUT2D eigenvalue weighted by atomic mass is 9.91. The van der Waals surface area contributed by atoms with Gasteiger partial charge in [0.15, 0.2) is 0 Å². The Hall–Kier alpha value is -0.0500. The molecule has 0 radical (unpaired) electrons. The highest BCUT2D eigenvalue weighted by molar-refractivity contribution is 9.10. The maximum Gasteiger partial charge on any atom is 0.0323 e. The molecule has 0 aliphatic carbocycles. The molecule has 2 atom stereocenters. The molecule has 0 aliphatic heterocycles. The highest BCUT2D eigenvalue weighted by Crippen LogP contribution is 2.26. The number of aryl methyl sites for hydroxylation is 1. The van der Waals surface area contributed by atoms with E-state index in [1.807, 2.05) is 0 Å². The summed E-state index contributed by atoms with van der Waals surface area (Å²) in [6, 6.07) is 6.45. The van der Waals surface area contributed by atoms with Gasteiger partial charge in [-0.05, 0) is 36.1 Å². The van der Waals surface area contributed by atoms with Crippen LogP contribution in [0, 0.1) is 12.8 Å². The summed E-state index contributed by atoms with van der Waals surface area (Å²) in [5.41, 5.74) is 8.73. The molecule has 86 valence electrons. The molecule has 0 aliphatic rings. The molecular formula is C12H19BrClN. The van der Waals surface area contributed by atoms with Crippen molar-refractivity contribution in [3.05, 3.63) is 33.8 Å². The second kappa shape index (κ2) is 6.51. The topological polar surface area (TPSA) is 26.0 Å². The SMILES string of the molecule is CCC(C)[C@@H](N)c1cc(Br)ccc1C.Cl. The maximum absolute atomic E-state index is 6.20. The number of nitrogens with two attached hydrogens (primary N) is 1. The van der Waals surface area contributed by atoms with Crippen molar-refractivity contribution in [2.24, 2.45) is 11.7 Å². The fourth-order valence-electron chi connectivity index (χ4n) is 1.53. The van der Waals surface area contributed by atoms with Crippen molar-refractivity contribution in [3.8, 4) is 0 Å². The largest absolute Gasteiger partial charge is 0.324 e. The molecule has 0 spiro atoms. The van der Waals surface area contributed by atoms with Crippen LogP contribution in [0.5, 0.6) is 0 Å². The van der Waals surface area contributed by atoms with Crippen molar-refractivity contribution in [2.45, 2.75) is 33.2 Å². The predicted octanol–water partition coefficient (Wildman–Crippen LogP) is 4.23. The summed E-state index contributed by atoms with van der Waals surface area (Å²) in [6.45, 7) is 6.49. The smallest absolute Gasteiger partial charge is 0.0323 e. The molecule has 0 bridgehead atoms. The first-order chi connectivity index (χ1) is 6.56. The molecule has 0 saturated carbocycles. The van der Waals surface area contributed by atoms with E-state index < -0.39 is 0 Å². The molecule has 0 saturated heterocycles. The number of hydrogen-bond acceptors (Lipinski definition) is 1. The predicted molar refractivity (Wildman–Crippen MR) is 72.5 cm³/mol. The van der Waals surface area contributed by atoms with Gasteiger partial charge in [0.1, 0.15) is 0 Å². The lowest BCUT2D eigenvalue weighted by molar-refractivity contribution is 0.455. The Morgan fingerprint density at radius 2 is 2.00 bits per heavy atom. The number of halogens is 2. The molecule has 2 N–H and O–H groups in total. The average Bonchev–Trinajstić information content (AvgIpc) is 2.19. The van der Waals surface area contributed by atoms with Crippen molar-refractivity contribution in [1.82, 2.24) is 0 Å². The first-order valence-electron chi connectivity index (χ1n) is 5.08. The molecule has 1 aromatic rings. The van der Waals surface area contributed by atoms with E-state index in [4.69, 9.17) is 5.73 Å². The zero-order valence-corrected chi connectivity index (χ0v) is 11.9. The van der Waals surface area contributed by atoms with Gasteiger partial charge in [0.05, 0.1) is 0 Å². The highest BCUT2D eigenvalue weighted by atomic mass is 79.9. The van der Waals surface area contributed by atoms with Crippen molar-refractivity contribution in [1.29, 1.82) is 0 Å². The van der Waals surface area contributed by atoms with Crippen LogP contribution in [0.15, 0.2) is 22.7 Å². The molecule has 1 aromatic carbocycles. The Morgan fingerprint density at radius 1 is 1.40 bits per heavy atom. The summed E-state index contributed by atoms with van der Waals surface area (Å²) in [7, 11) is 0. The molecule has 3 heteroatoms. The minimum absolute atomic E-state index is 0. The Morgan fingerprint density at radius 3 is 2.53 bits per heavy atom. The highest BCUT2D eigenvalue weighted by Gasteiger charge is 2.15. The van der Waals surface area contributed by atoms with Gasteiger partial charge in [-0.2, -0.15) is 0 Å². The minimum atomic E-state index is 0. The van der Waals surface area contributed by atoms with Crippen LogP contribution >= 0.6 is 28.3 Å². The third-order valence-corrected chi connectivity index (χ3v) is 3.35. The maximum atomic E-state index is 6.20. The quantitative estimate of drug-likeness (QED) is 0.886. The van der Waals surface area contributed by atoms with Crippen molar-refractivity contribution < 1.29 is 0 Å². The van der Waals surface area contributed by atoms with Crippen LogP contribution < -0.4 is 5.73 Å². The van der Waals surface area contributed by atoms with E-state index in [1.54, 1.807) is 0 Å². The van der Waals surface area contributed by atoms with Crippen LogP contribution in [0.1, 0.15) is 37.4 Å². The van der Waals surface area contributed by atoms with Gasteiger partial charge in [0.25, 0.3) is 0 Å². The van der Waals surface area contributed by atoms with E-state index in [9.17, 15) is 0 Å². The third-order valence-electron chi connectivity index (χ3n) is 2.86. The molecule has 1 rings (SSSR count). The van der Waals surface area contributed by atoms with Gasteiger partial charge in [-0.15, -0.1) is 12.4 Å². The van der Waals surface area contributed by atoms with Crippen molar-refractivity contribution in [3.63, 3.8) is 0 Å². The fraction of sp³-hybridized carbons (Fsp3) is 0.500. The van der Waals surface area contributed by atoms with E-state index >= 15 is 0 Å². The molecule has 15 heavy (non-hydrogen) atoms. The third kappa shape index (κ3) is 3.78. The van der Waals surface area contributed by atoms with Crippen LogP contribution in [0.3, 0.4) is 0 Å².